The Morgan fingerprint density at radius 3 is 3.11 bits per heavy atom. The summed E-state index contributed by atoms with van der Waals surface area (Å²) in [7, 11) is 0. The smallest absolute Gasteiger partial charge is 0.243 e. The number of thioether (sulfide) groups is 1. The molecular weight excluding hydrogens is 312 g/mol. The molecule has 0 amide bonds. The van der Waals surface area contributed by atoms with E-state index in [0.29, 0.717) is 12.0 Å². The van der Waals surface area contributed by atoms with E-state index in [4.69, 9.17) is 0 Å². The zero-order chi connectivity index (χ0) is 13.0. The Morgan fingerprint density at radius 1 is 1.56 bits per heavy atom. The lowest BCUT2D eigenvalue weighted by Gasteiger charge is -2.10. The Bertz CT molecular complexity index is 514. The van der Waals surface area contributed by atoms with Gasteiger partial charge in [-0.15, -0.1) is 5.10 Å². The molecular formula is C12H17BrN4S. The van der Waals surface area contributed by atoms with Gasteiger partial charge in [0.1, 0.15) is 0 Å². The van der Waals surface area contributed by atoms with Crippen LogP contribution in [0.3, 0.4) is 0 Å². The van der Waals surface area contributed by atoms with Gasteiger partial charge in [0.15, 0.2) is 5.65 Å². The maximum atomic E-state index is 4.47. The molecule has 0 aliphatic rings. The summed E-state index contributed by atoms with van der Waals surface area (Å²) in [5.74, 6) is 3.03. The molecule has 0 bridgehead atoms. The molecule has 0 aromatic carbocycles. The lowest BCUT2D eigenvalue weighted by molar-refractivity contribution is 0.758. The Kier molecular flexibility index (Phi) is 4.88. The number of halogens is 1. The van der Waals surface area contributed by atoms with Crippen molar-refractivity contribution in [3.63, 3.8) is 0 Å². The molecule has 2 aromatic heterocycles. The van der Waals surface area contributed by atoms with Crippen LogP contribution in [0.2, 0.25) is 0 Å². The van der Waals surface area contributed by atoms with Gasteiger partial charge in [0.25, 0.3) is 0 Å². The van der Waals surface area contributed by atoms with Crippen LogP contribution in [-0.4, -0.2) is 32.1 Å². The average molecular weight is 329 g/mol. The first-order valence-corrected chi connectivity index (χ1v) is 8.00. The molecule has 0 spiro atoms. The highest BCUT2D eigenvalue weighted by molar-refractivity contribution is 9.10. The topological polar surface area (TPSA) is 42.2 Å². The predicted molar refractivity (Wildman–Crippen MR) is 81.4 cm³/mol. The standard InChI is InChI=1S/C12H17BrN4S/c1-3-18-8-6-9(2)14-12-15-11-10(13)5-4-7-17(11)16-12/h4-5,7,9H,3,6,8H2,1-2H3,(H,14,16). The first-order chi connectivity index (χ1) is 8.70. The molecule has 2 rings (SSSR count). The number of aromatic nitrogens is 3. The van der Waals surface area contributed by atoms with Crippen LogP contribution in [0.1, 0.15) is 20.3 Å². The number of rotatable bonds is 6. The van der Waals surface area contributed by atoms with Crippen molar-refractivity contribution in [2.24, 2.45) is 0 Å². The first-order valence-electron chi connectivity index (χ1n) is 6.06. The molecule has 1 atom stereocenters. The van der Waals surface area contributed by atoms with Gasteiger partial charge in [-0.1, -0.05) is 6.92 Å². The quantitative estimate of drug-likeness (QED) is 0.825. The second-order valence-electron chi connectivity index (χ2n) is 4.09. The number of nitrogens with one attached hydrogen (secondary N) is 1. The summed E-state index contributed by atoms with van der Waals surface area (Å²) in [4.78, 5) is 4.47. The van der Waals surface area contributed by atoms with E-state index in [2.05, 4.69) is 45.2 Å². The van der Waals surface area contributed by atoms with Crippen LogP contribution < -0.4 is 5.32 Å². The van der Waals surface area contributed by atoms with E-state index in [1.807, 2.05) is 30.1 Å². The monoisotopic (exact) mass is 328 g/mol. The summed E-state index contributed by atoms with van der Waals surface area (Å²) in [6, 6.07) is 4.30. The van der Waals surface area contributed by atoms with Crippen LogP contribution in [0.25, 0.3) is 5.65 Å². The summed E-state index contributed by atoms with van der Waals surface area (Å²) in [6.07, 6.45) is 3.02. The van der Waals surface area contributed by atoms with Crippen LogP contribution in [0.4, 0.5) is 5.95 Å². The van der Waals surface area contributed by atoms with Gasteiger partial charge in [-0.25, -0.2) is 4.52 Å². The maximum Gasteiger partial charge on any atom is 0.243 e. The van der Waals surface area contributed by atoms with E-state index < -0.39 is 0 Å². The third-order valence-electron chi connectivity index (χ3n) is 2.59. The minimum atomic E-state index is 0.389. The third kappa shape index (κ3) is 3.38. The van der Waals surface area contributed by atoms with Crippen molar-refractivity contribution in [2.75, 3.05) is 16.8 Å². The Morgan fingerprint density at radius 2 is 2.39 bits per heavy atom. The highest BCUT2D eigenvalue weighted by Crippen LogP contribution is 2.17. The van der Waals surface area contributed by atoms with Gasteiger partial charge >= 0.3 is 0 Å². The molecule has 0 radical (unpaired) electrons. The molecule has 0 fully saturated rings. The average Bonchev–Trinajstić information content (AvgIpc) is 2.73. The minimum absolute atomic E-state index is 0.389. The molecule has 0 aliphatic heterocycles. The molecule has 0 aliphatic carbocycles. The fourth-order valence-corrected chi connectivity index (χ4v) is 2.86. The van der Waals surface area contributed by atoms with Gasteiger partial charge in [0, 0.05) is 12.2 Å². The molecule has 0 saturated carbocycles. The Labute approximate surface area is 120 Å². The SMILES string of the molecule is CCSCCC(C)Nc1nc2c(Br)cccn2n1. The van der Waals surface area contributed by atoms with Crippen molar-refractivity contribution >= 4 is 39.3 Å². The van der Waals surface area contributed by atoms with Crippen LogP contribution in [0.5, 0.6) is 0 Å². The second kappa shape index (κ2) is 6.43. The zero-order valence-electron chi connectivity index (χ0n) is 10.6. The van der Waals surface area contributed by atoms with Crippen molar-refractivity contribution in [2.45, 2.75) is 26.3 Å². The molecule has 2 heterocycles. The normalized spacial score (nSPS) is 12.8. The van der Waals surface area contributed by atoms with E-state index >= 15 is 0 Å². The summed E-state index contributed by atoms with van der Waals surface area (Å²) in [5, 5.41) is 7.74. The van der Waals surface area contributed by atoms with E-state index in [1.54, 1.807) is 4.52 Å². The molecule has 2 aromatic rings. The summed E-state index contributed by atoms with van der Waals surface area (Å²) in [6.45, 7) is 4.35. The van der Waals surface area contributed by atoms with Crippen molar-refractivity contribution in [3.05, 3.63) is 22.8 Å². The van der Waals surface area contributed by atoms with Gasteiger partial charge in [-0.3, -0.25) is 0 Å². The first kappa shape index (κ1) is 13.7. The number of fused-ring (bicyclic) bond motifs is 1. The van der Waals surface area contributed by atoms with Crippen molar-refractivity contribution in [1.82, 2.24) is 14.6 Å². The van der Waals surface area contributed by atoms with Crippen LogP contribution >= 0.6 is 27.7 Å². The molecule has 1 unspecified atom stereocenters. The van der Waals surface area contributed by atoms with E-state index in [0.717, 1.165) is 16.5 Å². The Hall–Kier alpha value is -0.750. The van der Waals surface area contributed by atoms with E-state index in [9.17, 15) is 0 Å². The van der Waals surface area contributed by atoms with E-state index in [-0.39, 0.29) is 0 Å². The fourth-order valence-electron chi connectivity index (χ4n) is 1.63. The lowest BCUT2D eigenvalue weighted by Crippen LogP contribution is -2.17. The van der Waals surface area contributed by atoms with Crippen molar-refractivity contribution in [3.8, 4) is 0 Å². The van der Waals surface area contributed by atoms with Gasteiger partial charge in [-0.2, -0.15) is 16.7 Å². The largest absolute Gasteiger partial charge is 0.350 e. The van der Waals surface area contributed by atoms with Crippen molar-refractivity contribution in [1.29, 1.82) is 0 Å². The number of pyridine rings is 1. The molecule has 4 nitrogen and oxygen atoms in total. The molecule has 6 heteroatoms. The fraction of sp³-hybridized carbons (Fsp3) is 0.500. The third-order valence-corrected chi connectivity index (χ3v) is 4.14. The summed E-state index contributed by atoms with van der Waals surface area (Å²) >= 11 is 5.43. The van der Waals surface area contributed by atoms with Crippen molar-refractivity contribution < 1.29 is 0 Å². The summed E-state index contributed by atoms with van der Waals surface area (Å²) in [5.41, 5.74) is 0.843. The highest BCUT2D eigenvalue weighted by atomic mass is 79.9. The second-order valence-corrected chi connectivity index (χ2v) is 6.34. The van der Waals surface area contributed by atoms with Gasteiger partial charge < -0.3 is 5.32 Å². The summed E-state index contributed by atoms with van der Waals surface area (Å²) < 4.78 is 2.74. The number of nitrogens with zero attached hydrogens (tertiary/aromatic N) is 3. The van der Waals surface area contributed by atoms with E-state index in [1.165, 1.54) is 11.5 Å². The van der Waals surface area contributed by atoms with Crippen LogP contribution in [-0.2, 0) is 0 Å². The zero-order valence-corrected chi connectivity index (χ0v) is 13.0. The minimum Gasteiger partial charge on any atom is -0.350 e. The number of anilines is 1. The molecule has 18 heavy (non-hydrogen) atoms. The van der Waals surface area contributed by atoms with Gasteiger partial charge in [-0.05, 0) is 52.9 Å². The highest BCUT2D eigenvalue weighted by Gasteiger charge is 2.08. The molecule has 0 saturated heterocycles. The molecule has 1 N–H and O–H groups in total. The van der Waals surface area contributed by atoms with Crippen LogP contribution in [0.15, 0.2) is 22.8 Å². The van der Waals surface area contributed by atoms with Gasteiger partial charge in [0.2, 0.25) is 5.95 Å². The lowest BCUT2D eigenvalue weighted by atomic mass is 10.3. The Balaban J connectivity index is 2.01. The number of hydrogen-bond donors (Lipinski definition) is 1. The van der Waals surface area contributed by atoms with Gasteiger partial charge in [0.05, 0.1) is 4.47 Å². The van der Waals surface area contributed by atoms with Crippen LogP contribution in [0, 0.1) is 0 Å². The maximum absolute atomic E-state index is 4.47. The molecule has 98 valence electrons. The number of hydrogen-bond acceptors (Lipinski definition) is 4. The predicted octanol–water partition coefficient (Wildman–Crippen LogP) is 3.44.